The lowest BCUT2D eigenvalue weighted by molar-refractivity contribution is 0.154. The van der Waals surface area contributed by atoms with Gasteiger partial charge in [0.15, 0.2) is 5.75 Å². The van der Waals surface area contributed by atoms with Crippen LogP contribution in [-0.4, -0.2) is 20.8 Å². The standard InChI is InChI=1S/C13H19Cl2NO3S/c1-3-13(4-2,9-20(16,17)18)8-19-12-10(14)6-5-7-11(12)15/h5-7H,3-4,8-9H2,1-2H3,(H2,16,17,18). The Balaban J connectivity index is 2.93. The molecule has 0 aliphatic rings. The topological polar surface area (TPSA) is 69.4 Å². The van der Waals surface area contributed by atoms with Gasteiger partial charge in [0.2, 0.25) is 10.0 Å². The first-order chi connectivity index (χ1) is 9.23. The van der Waals surface area contributed by atoms with Gasteiger partial charge in [0.25, 0.3) is 0 Å². The van der Waals surface area contributed by atoms with Gasteiger partial charge in [-0.05, 0) is 25.0 Å². The first-order valence-corrected chi connectivity index (χ1v) is 8.77. The fourth-order valence-electron chi connectivity index (χ4n) is 1.97. The van der Waals surface area contributed by atoms with E-state index in [9.17, 15) is 8.42 Å². The molecule has 0 amide bonds. The van der Waals surface area contributed by atoms with Crippen LogP contribution in [0.15, 0.2) is 18.2 Å². The van der Waals surface area contributed by atoms with Crippen LogP contribution in [0.2, 0.25) is 10.0 Å². The summed E-state index contributed by atoms with van der Waals surface area (Å²) in [5, 5.41) is 5.96. The molecule has 0 atom stereocenters. The van der Waals surface area contributed by atoms with Crippen molar-refractivity contribution in [1.29, 1.82) is 0 Å². The minimum absolute atomic E-state index is 0.130. The fraction of sp³-hybridized carbons (Fsp3) is 0.538. The van der Waals surface area contributed by atoms with Crippen molar-refractivity contribution >= 4 is 33.2 Å². The van der Waals surface area contributed by atoms with E-state index in [2.05, 4.69) is 0 Å². The molecule has 2 N–H and O–H groups in total. The van der Waals surface area contributed by atoms with Gasteiger partial charge in [-0.1, -0.05) is 43.1 Å². The Bertz CT molecular complexity index is 536. The molecular formula is C13H19Cl2NO3S. The van der Waals surface area contributed by atoms with Gasteiger partial charge >= 0.3 is 0 Å². The molecular weight excluding hydrogens is 321 g/mol. The van der Waals surface area contributed by atoms with Crippen LogP contribution in [0.3, 0.4) is 0 Å². The summed E-state index contributed by atoms with van der Waals surface area (Å²) < 4.78 is 28.4. The monoisotopic (exact) mass is 339 g/mol. The van der Waals surface area contributed by atoms with Crippen molar-refractivity contribution in [3.63, 3.8) is 0 Å². The Kier molecular flexibility index (Phi) is 6.13. The van der Waals surface area contributed by atoms with Gasteiger partial charge in [-0.25, -0.2) is 13.6 Å². The first-order valence-electron chi connectivity index (χ1n) is 6.30. The Labute approximate surface area is 130 Å². The predicted molar refractivity (Wildman–Crippen MR) is 82.9 cm³/mol. The van der Waals surface area contributed by atoms with Crippen molar-refractivity contribution in [3.05, 3.63) is 28.2 Å². The van der Waals surface area contributed by atoms with Gasteiger partial charge in [0, 0.05) is 5.41 Å². The Hall–Kier alpha value is -0.490. The van der Waals surface area contributed by atoms with Crippen LogP contribution in [0.1, 0.15) is 26.7 Å². The van der Waals surface area contributed by atoms with Gasteiger partial charge in [-0.2, -0.15) is 0 Å². The van der Waals surface area contributed by atoms with Crippen molar-refractivity contribution < 1.29 is 13.2 Å². The molecule has 0 bridgehead atoms. The van der Waals surface area contributed by atoms with Crippen LogP contribution in [0, 0.1) is 5.41 Å². The van der Waals surface area contributed by atoms with Gasteiger partial charge in [0.1, 0.15) is 0 Å². The lowest BCUT2D eigenvalue weighted by atomic mass is 9.85. The summed E-state index contributed by atoms with van der Waals surface area (Å²) in [5.41, 5.74) is -0.546. The van der Waals surface area contributed by atoms with E-state index in [1.165, 1.54) is 0 Å². The normalized spacial score (nSPS) is 12.4. The summed E-state index contributed by atoms with van der Waals surface area (Å²) in [5.74, 6) is 0.242. The van der Waals surface area contributed by atoms with E-state index in [1.54, 1.807) is 18.2 Å². The van der Waals surface area contributed by atoms with Crippen LogP contribution >= 0.6 is 23.2 Å². The molecule has 0 fully saturated rings. The molecule has 0 aliphatic carbocycles. The van der Waals surface area contributed by atoms with E-state index in [4.69, 9.17) is 33.1 Å². The number of hydrogen-bond acceptors (Lipinski definition) is 3. The van der Waals surface area contributed by atoms with E-state index in [1.807, 2.05) is 13.8 Å². The summed E-state index contributed by atoms with van der Waals surface area (Å²) in [6, 6.07) is 5.05. The number of ether oxygens (including phenoxy) is 1. The number of sulfonamides is 1. The second kappa shape index (κ2) is 6.98. The third kappa shape index (κ3) is 4.81. The number of para-hydroxylation sites is 1. The van der Waals surface area contributed by atoms with E-state index in [0.29, 0.717) is 28.6 Å². The molecule has 20 heavy (non-hydrogen) atoms. The molecule has 1 aromatic carbocycles. The Morgan fingerprint density at radius 3 is 2.10 bits per heavy atom. The summed E-state index contributed by atoms with van der Waals surface area (Å²) >= 11 is 12.1. The molecule has 0 saturated heterocycles. The number of halogens is 2. The average Bonchev–Trinajstić information content (AvgIpc) is 2.35. The molecule has 0 heterocycles. The minimum Gasteiger partial charge on any atom is -0.490 e. The molecule has 0 spiro atoms. The van der Waals surface area contributed by atoms with Crippen molar-refractivity contribution in [1.82, 2.24) is 0 Å². The SMILES string of the molecule is CCC(CC)(COc1c(Cl)cccc1Cl)CS(N)(=O)=O. The largest absolute Gasteiger partial charge is 0.490 e. The lowest BCUT2D eigenvalue weighted by Gasteiger charge is -2.30. The number of primary sulfonamides is 1. The highest BCUT2D eigenvalue weighted by molar-refractivity contribution is 7.89. The maximum Gasteiger partial charge on any atom is 0.209 e. The van der Waals surface area contributed by atoms with Crippen LogP contribution in [0.25, 0.3) is 0 Å². The fourth-order valence-corrected chi connectivity index (χ4v) is 3.82. The molecule has 0 aliphatic heterocycles. The highest BCUT2D eigenvalue weighted by atomic mass is 35.5. The Morgan fingerprint density at radius 1 is 1.20 bits per heavy atom. The number of rotatable bonds is 7. The van der Waals surface area contributed by atoms with Crippen molar-refractivity contribution in [2.45, 2.75) is 26.7 Å². The smallest absolute Gasteiger partial charge is 0.209 e. The van der Waals surface area contributed by atoms with Gasteiger partial charge in [-0.3, -0.25) is 0 Å². The van der Waals surface area contributed by atoms with E-state index < -0.39 is 15.4 Å². The lowest BCUT2D eigenvalue weighted by Crippen LogP contribution is -2.37. The number of benzene rings is 1. The van der Waals surface area contributed by atoms with Crippen molar-refractivity contribution in [2.24, 2.45) is 10.6 Å². The third-order valence-electron chi connectivity index (χ3n) is 3.45. The van der Waals surface area contributed by atoms with Gasteiger partial charge in [0.05, 0.1) is 22.4 Å². The highest BCUT2D eigenvalue weighted by Gasteiger charge is 2.32. The predicted octanol–water partition coefficient (Wildman–Crippen LogP) is 3.47. The number of hydrogen-bond donors (Lipinski definition) is 1. The zero-order valence-electron chi connectivity index (χ0n) is 11.5. The molecule has 0 saturated carbocycles. The van der Waals surface area contributed by atoms with E-state index in [0.717, 1.165) is 0 Å². The third-order valence-corrected chi connectivity index (χ3v) is 5.06. The summed E-state index contributed by atoms with van der Waals surface area (Å²) in [7, 11) is -3.58. The molecule has 0 unspecified atom stereocenters. The summed E-state index contributed by atoms with van der Waals surface area (Å²) in [4.78, 5) is 0. The average molecular weight is 340 g/mol. The van der Waals surface area contributed by atoms with Gasteiger partial charge in [-0.15, -0.1) is 0 Å². The second-order valence-corrected chi connectivity index (χ2v) is 7.28. The molecule has 114 valence electrons. The molecule has 7 heteroatoms. The van der Waals surface area contributed by atoms with Crippen LogP contribution in [0.4, 0.5) is 0 Å². The second-order valence-electron chi connectivity index (χ2n) is 4.85. The zero-order valence-corrected chi connectivity index (χ0v) is 13.9. The molecule has 0 radical (unpaired) electrons. The summed E-state index contributed by atoms with van der Waals surface area (Å²) in [6.07, 6.45) is 1.25. The van der Waals surface area contributed by atoms with Gasteiger partial charge < -0.3 is 4.74 Å². The molecule has 1 rings (SSSR count). The van der Waals surface area contributed by atoms with Crippen LogP contribution < -0.4 is 9.88 Å². The molecule has 0 aromatic heterocycles. The highest BCUT2D eigenvalue weighted by Crippen LogP contribution is 2.35. The van der Waals surface area contributed by atoms with E-state index in [-0.39, 0.29) is 12.4 Å². The minimum atomic E-state index is -3.58. The first kappa shape index (κ1) is 17.6. The quantitative estimate of drug-likeness (QED) is 0.826. The van der Waals surface area contributed by atoms with Crippen molar-refractivity contribution in [2.75, 3.05) is 12.4 Å². The molecule has 4 nitrogen and oxygen atoms in total. The molecule has 1 aromatic rings. The maximum absolute atomic E-state index is 11.4. The Morgan fingerprint density at radius 2 is 1.70 bits per heavy atom. The van der Waals surface area contributed by atoms with Crippen LogP contribution in [0.5, 0.6) is 5.75 Å². The van der Waals surface area contributed by atoms with Crippen LogP contribution in [-0.2, 0) is 10.0 Å². The number of nitrogens with two attached hydrogens (primary N) is 1. The van der Waals surface area contributed by atoms with Crippen molar-refractivity contribution in [3.8, 4) is 5.75 Å². The maximum atomic E-state index is 11.4. The zero-order chi connectivity index (χ0) is 15.4. The van der Waals surface area contributed by atoms with E-state index >= 15 is 0 Å². The summed E-state index contributed by atoms with van der Waals surface area (Å²) in [6.45, 7) is 4.01.